The second-order valence-electron chi connectivity index (χ2n) is 29.5. The Kier molecular flexibility index (Phi) is 12.7. The van der Waals surface area contributed by atoms with Crippen LogP contribution in [0.5, 0.6) is 0 Å². The number of rotatable bonds is 8. The lowest BCUT2D eigenvalue weighted by Crippen LogP contribution is -2.17. The summed E-state index contributed by atoms with van der Waals surface area (Å²) in [6.45, 7) is 27.7. The van der Waals surface area contributed by atoms with Gasteiger partial charge in [-0.3, -0.25) is 0 Å². The zero-order valence-electron chi connectivity index (χ0n) is 54.7. The molecule has 6 nitrogen and oxygen atoms in total. The van der Waals surface area contributed by atoms with E-state index in [9.17, 15) is 0 Å². The Morgan fingerprint density at radius 3 is 0.924 bits per heavy atom. The van der Waals surface area contributed by atoms with E-state index in [2.05, 4.69) is 345 Å². The third-order valence-corrected chi connectivity index (χ3v) is 19.2. The molecule has 0 spiro atoms. The van der Waals surface area contributed by atoms with Gasteiger partial charge in [-0.1, -0.05) is 168 Å². The lowest BCUT2D eigenvalue weighted by atomic mass is 9.80. The fraction of sp³-hybridized carbons (Fsp3) is 0.186. The quantitative estimate of drug-likeness (QED) is 0.152. The smallest absolute Gasteiger partial charge is 0.137 e. The highest BCUT2D eigenvalue weighted by Gasteiger charge is 2.27. The molecular formula is C86H76N4O2. The summed E-state index contributed by atoms with van der Waals surface area (Å²) in [5.41, 5.74) is 21.9. The minimum atomic E-state index is -0.0187. The zero-order chi connectivity index (χ0) is 63.3. The number of anilines is 6. The van der Waals surface area contributed by atoms with E-state index in [0.717, 1.165) is 88.8 Å². The molecule has 4 heterocycles. The number of aromatic nitrogens is 2. The van der Waals surface area contributed by atoms with E-state index in [0.29, 0.717) is 0 Å². The van der Waals surface area contributed by atoms with Crippen molar-refractivity contribution in [3.05, 3.63) is 265 Å². The molecule has 0 aliphatic carbocycles. The first-order valence-corrected chi connectivity index (χ1v) is 32.5. The highest BCUT2D eigenvalue weighted by molar-refractivity contribution is 6.28. The summed E-state index contributed by atoms with van der Waals surface area (Å²) in [5, 5.41) is 11.4. The van der Waals surface area contributed by atoms with Crippen LogP contribution in [0.25, 0.3) is 110 Å². The Morgan fingerprint density at radius 2 is 0.554 bits per heavy atom. The van der Waals surface area contributed by atoms with E-state index in [1.165, 1.54) is 77.2 Å². The van der Waals surface area contributed by atoms with Crippen molar-refractivity contribution in [2.45, 2.75) is 105 Å². The molecule has 12 aromatic carbocycles. The molecule has 0 saturated carbocycles. The highest BCUT2D eigenvalue weighted by atomic mass is 16.3. The lowest BCUT2D eigenvalue weighted by Gasteiger charge is -2.27. The first kappa shape index (κ1) is 56.9. The molecule has 0 saturated heterocycles. The van der Waals surface area contributed by atoms with Crippen LogP contribution in [0.15, 0.2) is 251 Å². The molecule has 16 rings (SSSR count). The maximum absolute atomic E-state index is 6.92. The van der Waals surface area contributed by atoms with Gasteiger partial charge in [-0.25, -0.2) is 0 Å². The van der Waals surface area contributed by atoms with Gasteiger partial charge >= 0.3 is 0 Å². The minimum absolute atomic E-state index is 0.0187. The Hall–Kier alpha value is -10.3. The molecule has 0 aliphatic rings. The van der Waals surface area contributed by atoms with E-state index in [1.54, 1.807) is 0 Å². The van der Waals surface area contributed by atoms with Gasteiger partial charge in [0.25, 0.3) is 0 Å². The van der Waals surface area contributed by atoms with Crippen LogP contribution in [0, 0.1) is 0 Å². The third kappa shape index (κ3) is 9.36. The number of para-hydroxylation sites is 4. The molecule has 0 N–H and O–H groups in total. The monoisotopic (exact) mass is 1200 g/mol. The fourth-order valence-corrected chi connectivity index (χ4v) is 14.2. The maximum Gasteiger partial charge on any atom is 0.137 e. The van der Waals surface area contributed by atoms with Gasteiger partial charge in [0.1, 0.15) is 22.3 Å². The molecule has 452 valence electrons. The number of hydrogen-bond acceptors (Lipinski definition) is 4. The molecule has 4 aromatic heterocycles. The molecule has 16 aromatic rings. The van der Waals surface area contributed by atoms with Crippen molar-refractivity contribution in [3.63, 3.8) is 0 Å². The topological polar surface area (TPSA) is 42.6 Å². The molecule has 0 radical (unpaired) electrons. The van der Waals surface area contributed by atoms with Crippen molar-refractivity contribution in [1.82, 2.24) is 9.13 Å². The van der Waals surface area contributed by atoms with Gasteiger partial charge in [0.15, 0.2) is 0 Å². The summed E-state index contributed by atoms with van der Waals surface area (Å²) in [4.78, 5) is 4.71. The summed E-state index contributed by atoms with van der Waals surface area (Å²) in [5.74, 6) is 0. The normalized spacial score (nSPS) is 12.8. The fourth-order valence-electron chi connectivity index (χ4n) is 14.2. The molecule has 0 amide bonds. The van der Waals surface area contributed by atoms with Gasteiger partial charge in [0, 0.05) is 101 Å². The number of furan rings is 2. The van der Waals surface area contributed by atoms with Gasteiger partial charge in [-0.2, -0.15) is 0 Å². The van der Waals surface area contributed by atoms with Crippen LogP contribution >= 0.6 is 0 Å². The van der Waals surface area contributed by atoms with E-state index >= 15 is 0 Å². The van der Waals surface area contributed by atoms with Crippen LogP contribution in [-0.2, 0) is 21.7 Å². The molecule has 92 heavy (non-hydrogen) atoms. The van der Waals surface area contributed by atoms with Crippen LogP contribution in [0.2, 0.25) is 0 Å². The van der Waals surface area contributed by atoms with Gasteiger partial charge in [0.2, 0.25) is 0 Å². The van der Waals surface area contributed by atoms with Crippen molar-refractivity contribution < 1.29 is 8.83 Å². The average molecular weight is 1200 g/mol. The largest absolute Gasteiger partial charge is 0.456 e. The molecule has 0 atom stereocenters. The number of benzene rings is 12. The first-order valence-electron chi connectivity index (χ1n) is 32.5. The summed E-state index contributed by atoms with van der Waals surface area (Å²) in [7, 11) is 0. The minimum Gasteiger partial charge on any atom is -0.456 e. The van der Waals surface area contributed by atoms with Crippen molar-refractivity contribution in [2.75, 3.05) is 9.80 Å². The molecular weight excluding hydrogens is 1120 g/mol. The Labute approximate surface area is 538 Å². The predicted octanol–water partition coefficient (Wildman–Crippen LogP) is 25.0. The lowest BCUT2D eigenvalue weighted by molar-refractivity contribution is 0.567. The Bertz CT molecular complexity index is 5210. The molecule has 0 bridgehead atoms. The van der Waals surface area contributed by atoms with Crippen molar-refractivity contribution in [1.29, 1.82) is 0 Å². The number of fused-ring (bicyclic) bond motifs is 15. The zero-order valence-corrected chi connectivity index (χ0v) is 54.7. The number of nitrogens with zero attached hydrogens (tertiary/aromatic N) is 4. The van der Waals surface area contributed by atoms with Crippen LogP contribution < -0.4 is 9.80 Å². The van der Waals surface area contributed by atoms with Gasteiger partial charge in [-0.15, -0.1) is 0 Å². The summed E-state index contributed by atoms with van der Waals surface area (Å²) in [6.07, 6.45) is 0. The van der Waals surface area contributed by atoms with Crippen LogP contribution in [0.4, 0.5) is 34.1 Å². The van der Waals surface area contributed by atoms with Crippen LogP contribution in [0.3, 0.4) is 0 Å². The van der Waals surface area contributed by atoms with Crippen molar-refractivity contribution in [2.24, 2.45) is 0 Å². The summed E-state index contributed by atoms with van der Waals surface area (Å²) >= 11 is 0. The van der Waals surface area contributed by atoms with Gasteiger partial charge in [-0.05, 0) is 200 Å². The second kappa shape index (κ2) is 20.6. The van der Waals surface area contributed by atoms with E-state index < -0.39 is 0 Å². The number of hydrogen-bond donors (Lipinski definition) is 0. The highest BCUT2D eigenvalue weighted by Crippen LogP contribution is 2.48. The van der Waals surface area contributed by atoms with Gasteiger partial charge < -0.3 is 27.8 Å². The summed E-state index contributed by atoms with van der Waals surface area (Å²) in [6, 6.07) is 89.5. The van der Waals surface area contributed by atoms with Gasteiger partial charge in [0.05, 0.1) is 22.1 Å². The van der Waals surface area contributed by atoms with E-state index in [-0.39, 0.29) is 21.7 Å². The molecule has 0 fully saturated rings. The standard InChI is InChI=1S/C86H76N4O2/c1-83(2,3)53-43-54(84(4,5)6)46-63(45-53)89-73-29-21-19-27-65(73)71-49-59(33-39-75(71)89)87(57-23-15-13-16-24-57)61-31-35-69-79(51-61)91-77-41-37-68-67(81(69)77)38-42-78-82(68)70-36-32-62(52-80(70)92-78)88(58-25-17-14-18-26-58)60-34-40-76-72(50-60)66-28-20-22-30-74(66)90(76)64-47-55(85(7,8)9)44-56(48-64)86(10,11)12/h13-52H,1-12H3. The maximum atomic E-state index is 6.92. The van der Waals surface area contributed by atoms with Crippen LogP contribution in [0.1, 0.15) is 105 Å². The third-order valence-electron chi connectivity index (χ3n) is 19.2. The van der Waals surface area contributed by atoms with Crippen molar-refractivity contribution >= 4 is 132 Å². The second-order valence-corrected chi connectivity index (χ2v) is 29.5. The predicted molar refractivity (Wildman–Crippen MR) is 391 cm³/mol. The Balaban J connectivity index is 0.793. The van der Waals surface area contributed by atoms with E-state index in [4.69, 9.17) is 8.83 Å². The Morgan fingerprint density at radius 1 is 0.239 bits per heavy atom. The average Bonchev–Trinajstić information content (AvgIpc) is 1.57. The molecule has 6 heteroatoms. The first-order chi connectivity index (χ1) is 44.1. The molecule has 0 unspecified atom stereocenters. The molecule has 0 aliphatic heterocycles. The summed E-state index contributed by atoms with van der Waals surface area (Å²) < 4.78 is 18.8. The van der Waals surface area contributed by atoms with E-state index in [1.807, 2.05) is 0 Å². The van der Waals surface area contributed by atoms with Crippen LogP contribution in [-0.4, -0.2) is 9.13 Å². The SMILES string of the molecule is CC(C)(C)c1cc(-n2c3ccccc3c3cc(N(c4ccccc4)c4ccc5c(c4)oc4ccc6c(ccc7oc8cc(N(c9ccccc9)c9ccc%10c(c9)c9ccccc9n%10-c9cc(C(C)(C)C)cc(C(C)(C)C)c9)ccc8c76)c45)ccc32)cc(C(C)(C)C)c1. The van der Waals surface area contributed by atoms with Crippen molar-refractivity contribution in [3.8, 4) is 11.4 Å².